The van der Waals surface area contributed by atoms with Crippen molar-refractivity contribution in [2.24, 2.45) is 5.41 Å². The molecule has 0 aliphatic carbocycles. The smallest absolute Gasteiger partial charge is 0.0343 e. The van der Waals surface area contributed by atoms with E-state index in [1.165, 1.54) is 30.5 Å². The molecule has 0 spiro atoms. The van der Waals surface area contributed by atoms with Crippen molar-refractivity contribution >= 4 is 5.57 Å². The van der Waals surface area contributed by atoms with E-state index >= 15 is 0 Å². The van der Waals surface area contributed by atoms with Crippen LogP contribution in [0.5, 0.6) is 0 Å². The molecule has 2 nitrogen and oxygen atoms in total. The molecule has 0 aromatic carbocycles. The zero-order valence-electron chi connectivity index (χ0n) is 11.8. The highest BCUT2D eigenvalue weighted by Crippen LogP contribution is 2.30. The summed E-state index contributed by atoms with van der Waals surface area (Å²) in [6.45, 7) is 10.3. The minimum atomic E-state index is 0.261. The number of aromatic nitrogens is 1. The van der Waals surface area contributed by atoms with Crippen LogP contribution >= 0.6 is 0 Å². The summed E-state index contributed by atoms with van der Waals surface area (Å²) in [6, 6.07) is 4.19. The molecule has 1 aliphatic rings. The van der Waals surface area contributed by atoms with E-state index in [0.29, 0.717) is 0 Å². The molecule has 2 heterocycles. The number of pyridine rings is 1. The lowest BCUT2D eigenvalue weighted by Gasteiger charge is -2.37. The van der Waals surface area contributed by atoms with Gasteiger partial charge >= 0.3 is 0 Å². The van der Waals surface area contributed by atoms with Crippen LogP contribution < -0.4 is 0 Å². The van der Waals surface area contributed by atoms with Crippen LogP contribution in [-0.4, -0.2) is 29.5 Å². The molecule has 2 rings (SSSR count). The van der Waals surface area contributed by atoms with Gasteiger partial charge in [-0.05, 0) is 35.6 Å². The fourth-order valence-electron chi connectivity index (χ4n) is 2.70. The summed E-state index contributed by atoms with van der Waals surface area (Å²) in [5.74, 6) is 0. The maximum absolute atomic E-state index is 4.24. The molecular weight excluding hydrogens is 220 g/mol. The predicted molar refractivity (Wildman–Crippen MR) is 77.3 cm³/mol. The first-order valence-electron chi connectivity index (χ1n) is 6.95. The third kappa shape index (κ3) is 3.42. The Morgan fingerprint density at radius 3 is 2.89 bits per heavy atom. The molecule has 18 heavy (non-hydrogen) atoms. The lowest BCUT2D eigenvalue weighted by molar-refractivity contribution is 0.216. The molecule has 0 amide bonds. The molecule has 1 aliphatic heterocycles. The summed E-state index contributed by atoms with van der Waals surface area (Å²) in [7, 11) is 0. The minimum absolute atomic E-state index is 0.261. The Morgan fingerprint density at radius 1 is 1.39 bits per heavy atom. The van der Waals surface area contributed by atoms with Gasteiger partial charge in [0.2, 0.25) is 0 Å². The second-order valence-corrected chi connectivity index (χ2v) is 5.96. The Balaban J connectivity index is 2.17. The Morgan fingerprint density at radius 2 is 2.22 bits per heavy atom. The van der Waals surface area contributed by atoms with Crippen LogP contribution in [0.3, 0.4) is 0 Å². The van der Waals surface area contributed by atoms with Crippen molar-refractivity contribution in [3.63, 3.8) is 0 Å². The van der Waals surface area contributed by atoms with E-state index in [2.05, 4.69) is 42.8 Å². The highest BCUT2D eigenvalue weighted by molar-refractivity contribution is 5.67. The van der Waals surface area contributed by atoms with E-state index in [9.17, 15) is 0 Å². The second-order valence-electron chi connectivity index (χ2n) is 5.96. The maximum Gasteiger partial charge on any atom is 0.0343 e. The van der Waals surface area contributed by atoms with Crippen LogP contribution in [0.2, 0.25) is 0 Å². The molecular formula is C16H24N2. The molecule has 0 bridgehead atoms. The summed E-state index contributed by atoms with van der Waals surface area (Å²) >= 11 is 0. The standard InChI is InChI=1S/C16H24N2/c1-4-5-9-18-12-15(10-16(2,3)13-18)14-7-6-8-17-11-14/h6-8,10-11H,4-5,9,12-13H2,1-3H3. The highest BCUT2D eigenvalue weighted by Gasteiger charge is 2.26. The summed E-state index contributed by atoms with van der Waals surface area (Å²) in [5.41, 5.74) is 2.96. The zero-order valence-corrected chi connectivity index (χ0v) is 11.8. The quantitative estimate of drug-likeness (QED) is 0.804. The van der Waals surface area contributed by atoms with Gasteiger partial charge in [0, 0.05) is 25.5 Å². The molecule has 98 valence electrons. The molecule has 1 aromatic rings. The molecule has 0 radical (unpaired) electrons. The van der Waals surface area contributed by atoms with Gasteiger partial charge in [-0.2, -0.15) is 0 Å². The van der Waals surface area contributed by atoms with Gasteiger partial charge in [0.15, 0.2) is 0 Å². The second kappa shape index (κ2) is 5.66. The molecule has 2 heteroatoms. The van der Waals surface area contributed by atoms with Crippen LogP contribution in [0.25, 0.3) is 5.57 Å². The summed E-state index contributed by atoms with van der Waals surface area (Å²) in [5, 5.41) is 0. The number of rotatable bonds is 4. The molecule has 0 atom stereocenters. The van der Waals surface area contributed by atoms with Crippen molar-refractivity contribution in [3.05, 3.63) is 36.2 Å². The molecule has 0 unspecified atom stereocenters. The number of nitrogens with zero attached hydrogens (tertiary/aromatic N) is 2. The zero-order chi connectivity index (χ0) is 13.0. The van der Waals surface area contributed by atoms with Gasteiger partial charge in [0.1, 0.15) is 0 Å². The topological polar surface area (TPSA) is 16.1 Å². The predicted octanol–water partition coefficient (Wildman–Crippen LogP) is 3.61. The lowest BCUT2D eigenvalue weighted by Crippen LogP contribution is -2.39. The first-order valence-corrected chi connectivity index (χ1v) is 6.95. The molecule has 1 aromatic heterocycles. The fourth-order valence-corrected chi connectivity index (χ4v) is 2.70. The van der Waals surface area contributed by atoms with E-state index < -0.39 is 0 Å². The third-order valence-corrected chi connectivity index (χ3v) is 3.45. The van der Waals surface area contributed by atoms with Crippen LogP contribution in [0.4, 0.5) is 0 Å². The van der Waals surface area contributed by atoms with Crippen LogP contribution in [0.15, 0.2) is 30.6 Å². The number of hydrogen-bond donors (Lipinski definition) is 0. The molecule has 0 fully saturated rings. The number of unbranched alkanes of at least 4 members (excludes halogenated alkanes) is 1. The largest absolute Gasteiger partial charge is 0.298 e. The van der Waals surface area contributed by atoms with Crippen molar-refractivity contribution in [3.8, 4) is 0 Å². The lowest BCUT2D eigenvalue weighted by atomic mass is 9.85. The Hall–Kier alpha value is -1.15. The average Bonchev–Trinajstić information content (AvgIpc) is 2.35. The SMILES string of the molecule is CCCCN1CC(c2cccnc2)=CC(C)(C)C1. The summed E-state index contributed by atoms with van der Waals surface area (Å²) in [4.78, 5) is 6.81. The third-order valence-electron chi connectivity index (χ3n) is 3.45. The van der Waals surface area contributed by atoms with Gasteiger partial charge in [0.05, 0.1) is 0 Å². The van der Waals surface area contributed by atoms with Crippen LogP contribution in [-0.2, 0) is 0 Å². The molecule has 0 saturated carbocycles. The van der Waals surface area contributed by atoms with Gasteiger partial charge in [-0.15, -0.1) is 0 Å². The van der Waals surface area contributed by atoms with Crippen molar-refractivity contribution < 1.29 is 0 Å². The summed E-state index contributed by atoms with van der Waals surface area (Å²) < 4.78 is 0. The van der Waals surface area contributed by atoms with E-state index in [1.807, 2.05) is 18.5 Å². The van der Waals surface area contributed by atoms with Crippen molar-refractivity contribution in [2.45, 2.75) is 33.6 Å². The Labute approximate surface area is 111 Å². The van der Waals surface area contributed by atoms with Crippen molar-refractivity contribution in [1.82, 2.24) is 9.88 Å². The first-order chi connectivity index (χ1) is 8.61. The Kier molecular flexibility index (Phi) is 4.18. The minimum Gasteiger partial charge on any atom is -0.298 e. The number of hydrogen-bond acceptors (Lipinski definition) is 2. The highest BCUT2D eigenvalue weighted by atomic mass is 15.1. The maximum atomic E-state index is 4.24. The van der Waals surface area contributed by atoms with Gasteiger partial charge in [-0.25, -0.2) is 0 Å². The van der Waals surface area contributed by atoms with Gasteiger partial charge in [0.25, 0.3) is 0 Å². The molecule has 0 N–H and O–H groups in total. The van der Waals surface area contributed by atoms with Crippen molar-refractivity contribution in [2.75, 3.05) is 19.6 Å². The van der Waals surface area contributed by atoms with E-state index in [1.54, 1.807) is 0 Å². The van der Waals surface area contributed by atoms with Gasteiger partial charge in [-0.1, -0.05) is 39.3 Å². The summed E-state index contributed by atoms with van der Waals surface area (Å²) in [6.07, 6.45) is 8.80. The van der Waals surface area contributed by atoms with E-state index in [4.69, 9.17) is 0 Å². The monoisotopic (exact) mass is 244 g/mol. The molecule has 0 saturated heterocycles. The Bertz CT molecular complexity index is 406. The van der Waals surface area contributed by atoms with Gasteiger partial charge < -0.3 is 0 Å². The normalized spacial score (nSPS) is 19.6. The fraction of sp³-hybridized carbons (Fsp3) is 0.562. The van der Waals surface area contributed by atoms with E-state index in [-0.39, 0.29) is 5.41 Å². The van der Waals surface area contributed by atoms with Crippen molar-refractivity contribution in [1.29, 1.82) is 0 Å². The average molecular weight is 244 g/mol. The van der Waals surface area contributed by atoms with Crippen LogP contribution in [0, 0.1) is 5.41 Å². The van der Waals surface area contributed by atoms with Crippen LogP contribution in [0.1, 0.15) is 39.2 Å². The first kappa shape index (κ1) is 13.3. The van der Waals surface area contributed by atoms with Gasteiger partial charge in [-0.3, -0.25) is 9.88 Å². The van der Waals surface area contributed by atoms with E-state index in [0.717, 1.165) is 13.1 Å².